The summed E-state index contributed by atoms with van der Waals surface area (Å²) < 4.78 is 0. The molecule has 1 atom stereocenters. The maximum Gasteiger partial charge on any atom is 0.230 e. The van der Waals surface area contributed by atoms with Crippen molar-refractivity contribution < 1.29 is 9.59 Å². The van der Waals surface area contributed by atoms with Gasteiger partial charge in [-0.25, -0.2) is 0 Å². The van der Waals surface area contributed by atoms with Gasteiger partial charge in [0, 0.05) is 12.8 Å². The van der Waals surface area contributed by atoms with Gasteiger partial charge < -0.3 is 0 Å². The fourth-order valence-corrected chi connectivity index (χ4v) is 5.07. The molecule has 1 aliphatic heterocycles. The van der Waals surface area contributed by atoms with E-state index in [1.54, 1.807) is 4.90 Å². The molecule has 0 bridgehead atoms. The number of carbonyl (C=O) groups is 2. The van der Waals surface area contributed by atoms with Crippen molar-refractivity contribution in [3.05, 3.63) is 11.6 Å². The Morgan fingerprint density at radius 2 is 1.06 bits per heavy atom. The minimum absolute atomic E-state index is 0.00370. The van der Waals surface area contributed by atoms with Crippen LogP contribution in [0.25, 0.3) is 0 Å². The zero-order valence-corrected chi connectivity index (χ0v) is 22.5. The summed E-state index contributed by atoms with van der Waals surface area (Å²) in [6.45, 7) is 6.65. The third-order valence-electron chi connectivity index (χ3n) is 7.28. The van der Waals surface area contributed by atoms with Crippen molar-refractivity contribution in [1.29, 1.82) is 0 Å². The number of nitrogens with zero attached hydrogens (tertiary/aromatic N) is 1. The highest BCUT2D eigenvalue weighted by atomic mass is 16.2. The maximum atomic E-state index is 12.4. The van der Waals surface area contributed by atoms with Gasteiger partial charge in [0.15, 0.2) is 0 Å². The van der Waals surface area contributed by atoms with Gasteiger partial charge in [0.05, 0.1) is 6.04 Å². The molecule has 0 aromatic rings. The van der Waals surface area contributed by atoms with Gasteiger partial charge in [-0.2, -0.15) is 0 Å². The lowest BCUT2D eigenvalue weighted by Gasteiger charge is -2.27. The number of carbonyl (C=O) groups excluding carboxylic acids is 2. The Hall–Kier alpha value is -1.12. The lowest BCUT2D eigenvalue weighted by atomic mass is 9.97. The molecule has 1 fully saturated rings. The quantitative estimate of drug-likeness (QED) is 0.0914. The summed E-state index contributed by atoms with van der Waals surface area (Å²) in [6.07, 6.45) is 29.1. The van der Waals surface area contributed by atoms with Gasteiger partial charge in [0.25, 0.3) is 0 Å². The molecular weight excluding hydrogens is 406 g/mol. The number of hydrogen-bond acceptors (Lipinski definition) is 2. The zero-order chi connectivity index (χ0) is 24.2. The summed E-state index contributed by atoms with van der Waals surface area (Å²) in [5.41, 5.74) is 1.23. The molecule has 1 heterocycles. The van der Waals surface area contributed by atoms with Gasteiger partial charge in [-0.05, 0) is 26.2 Å². The topological polar surface area (TPSA) is 37.4 Å². The fraction of sp³-hybridized carbons (Fsp3) is 0.867. The first-order valence-corrected chi connectivity index (χ1v) is 14.6. The number of rotatable bonds is 22. The van der Waals surface area contributed by atoms with Crippen LogP contribution < -0.4 is 0 Å². The normalized spacial score (nSPS) is 15.6. The molecule has 1 saturated heterocycles. The Balaban J connectivity index is 2.22. The van der Waals surface area contributed by atoms with E-state index >= 15 is 0 Å². The lowest BCUT2D eigenvalue weighted by molar-refractivity contribution is -0.140. The minimum Gasteiger partial charge on any atom is -0.275 e. The van der Waals surface area contributed by atoms with Crippen molar-refractivity contribution in [2.75, 3.05) is 0 Å². The zero-order valence-electron chi connectivity index (χ0n) is 22.5. The average Bonchev–Trinajstić information content (AvgIpc) is 3.14. The molecule has 2 amide bonds. The van der Waals surface area contributed by atoms with Crippen LogP contribution in [-0.2, 0) is 9.59 Å². The average molecular weight is 462 g/mol. The predicted molar refractivity (Wildman–Crippen MR) is 142 cm³/mol. The SMILES string of the molecule is CCCCCC/C=C(\C)C(CCCCCCCCCCCCCCCC)N1C(=O)CCC1=O. The first kappa shape index (κ1) is 29.9. The summed E-state index contributed by atoms with van der Waals surface area (Å²) in [7, 11) is 0. The van der Waals surface area contributed by atoms with Crippen molar-refractivity contribution in [1.82, 2.24) is 4.90 Å². The summed E-state index contributed by atoms with van der Waals surface area (Å²) in [5.74, 6) is 0.0724. The Morgan fingerprint density at radius 1 is 0.667 bits per heavy atom. The Labute approximate surface area is 206 Å². The largest absolute Gasteiger partial charge is 0.275 e. The molecule has 192 valence electrons. The number of unbranched alkanes of at least 4 members (excludes halogenated alkanes) is 17. The summed E-state index contributed by atoms with van der Waals surface area (Å²) in [5, 5.41) is 0. The first-order valence-electron chi connectivity index (χ1n) is 14.6. The van der Waals surface area contributed by atoms with Gasteiger partial charge in [-0.15, -0.1) is 0 Å². The summed E-state index contributed by atoms with van der Waals surface area (Å²) in [4.78, 5) is 26.3. The van der Waals surface area contributed by atoms with E-state index in [1.165, 1.54) is 115 Å². The second-order valence-electron chi connectivity index (χ2n) is 10.4. The lowest BCUT2D eigenvalue weighted by Crippen LogP contribution is -2.40. The molecule has 3 nitrogen and oxygen atoms in total. The van der Waals surface area contributed by atoms with Crippen molar-refractivity contribution in [2.24, 2.45) is 0 Å². The van der Waals surface area contributed by atoms with Crippen LogP contribution in [0.4, 0.5) is 0 Å². The number of hydrogen-bond donors (Lipinski definition) is 0. The molecule has 0 spiro atoms. The maximum absolute atomic E-state index is 12.4. The Bertz CT molecular complexity index is 523. The van der Waals surface area contributed by atoms with Crippen LogP contribution in [0.5, 0.6) is 0 Å². The summed E-state index contributed by atoms with van der Waals surface area (Å²) >= 11 is 0. The highest BCUT2D eigenvalue weighted by Crippen LogP contribution is 2.25. The van der Waals surface area contributed by atoms with E-state index in [1.807, 2.05) is 0 Å². The van der Waals surface area contributed by atoms with E-state index in [0.717, 1.165) is 19.3 Å². The van der Waals surface area contributed by atoms with Gasteiger partial charge in [0.1, 0.15) is 0 Å². The second-order valence-corrected chi connectivity index (χ2v) is 10.4. The number of likely N-dealkylation sites (tertiary alicyclic amines) is 1. The van der Waals surface area contributed by atoms with E-state index < -0.39 is 0 Å². The van der Waals surface area contributed by atoms with Crippen LogP contribution in [0, 0.1) is 0 Å². The smallest absolute Gasteiger partial charge is 0.230 e. The Kier molecular flexibility index (Phi) is 18.4. The molecule has 0 aromatic carbocycles. The molecule has 1 rings (SSSR count). The molecule has 0 N–H and O–H groups in total. The van der Waals surface area contributed by atoms with Gasteiger partial charge in [0.2, 0.25) is 11.8 Å². The predicted octanol–water partition coefficient (Wildman–Crippen LogP) is 9.29. The van der Waals surface area contributed by atoms with E-state index in [4.69, 9.17) is 0 Å². The van der Waals surface area contributed by atoms with Crippen molar-refractivity contribution in [3.63, 3.8) is 0 Å². The summed E-state index contributed by atoms with van der Waals surface area (Å²) in [6, 6.07) is -0.00370. The second kappa shape index (κ2) is 20.3. The van der Waals surface area contributed by atoms with Crippen LogP contribution in [0.1, 0.15) is 162 Å². The highest BCUT2D eigenvalue weighted by molar-refractivity contribution is 6.02. The molecule has 0 radical (unpaired) electrons. The molecule has 1 unspecified atom stereocenters. The van der Waals surface area contributed by atoms with Crippen molar-refractivity contribution >= 4 is 11.8 Å². The van der Waals surface area contributed by atoms with Crippen molar-refractivity contribution in [2.45, 2.75) is 168 Å². The van der Waals surface area contributed by atoms with Crippen LogP contribution in [-0.4, -0.2) is 22.8 Å². The van der Waals surface area contributed by atoms with E-state index in [0.29, 0.717) is 12.8 Å². The first-order chi connectivity index (χ1) is 16.1. The van der Waals surface area contributed by atoms with Crippen LogP contribution in [0.3, 0.4) is 0 Å². The highest BCUT2D eigenvalue weighted by Gasteiger charge is 2.35. The minimum atomic E-state index is -0.00370. The van der Waals surface area contributed by atoms with Crippen LogP contribution in [0.2, 0.25) is 0 Å². The molecule has 1 aliphatic rings. The Morgan fingerprint density at radius 3 is 1.52 bits per heavy atom. The van der Waals surface area contributed by atoms with E-state index in [9.17, 15) is 9.59 Å². The monoisotopic (exact) mass is 461 g/mol. The molecule has 0 aromatic heterocycles. The van der Waals surface area contributed by atoms with E-state index in [-0.39, 0.29) is 17.9 Å². The number of allylic oxidation sites excluding steroid dienone is 1. The third kappa shape index (κ3) is 14.0. The molecular formula is C30H55NO2. The molecule has 3 heteroatoms. The molecule has 0 saturated carbocycles. The molecule has 33 heavy (non-hydrogen) atoms. The van der Waals surface area contributed by atoms with E-state index in [2.05, 4.69) is 26.8 Å². The van der Waals surface area contributed by atoms with Crippen molar-refractivity contribution in [3.8, 4) is 0 Å². The van der Waals surface area contributed by atoms with Crippen LogP contribution in [0.15, 0.2) is 11.6 Å². The fourth-order valence-electron chi connectivity index (χ4n) is 5.07. The number of amides is 2. The standard InChI is InChI=1S/C30H55NO2/c1-4-6-8-10-11-12-13-14-15-16-17-18-20-22-24-28(31-29(32)25-26-30(31)33)27(3)23-21-19-9-7-5-2/h23,28H,4-22,24-26H2,1-3H3/b27-23+. The van der Waals surface area contributed by atoms with Gasteiger partial charge in [-0.3, -0.25) is 14.5 Å². The third-order valence-corrected chi connectivity index (χ3v) is 7.28. The van der Waals surface area contributed by atoms with Gasteiger partial charge in [-0.1, -0.05) is 135 Å². The number of imide groups is 1. The molecule has 0 aliphatic carbocycles. The van der Waals surface area contributed by atoms with Crippen LogP contribution >= 0.6 is 0 Å². The van der Waals surface area contributed by atoms with Gasteiger partial charge >= 0.3 is 0 Å².